The zero-order chi connectivity index (χ0) is 22.4. The molecule has 1 aromatic carbocycles. The van der Waals surface area contributed by atoms with Gasteiger partial charge in [0.25, 0.3) is 0 Å². The fourth-order valence-electron chi connectivity index (χ4n) is 5.81. The minimum absolute atomic E-state index is 0.321. The highest BCUT2D eigenvalue weighted by Crippen LogP contribution is 2.43. The minimum atomic E-state index is -5.00. The molecular weight excluding hydrogens is 407 g/mol. The van der Waals surface area contributed by atoms with Crippen molar-refractivity contribution in [3.63, 3.8) is 0 Å². The number of hydrogen-bond acceptors (Lipinski definition) is 0. The average Bonchev–Trinajstić information content (AvgIpc) is 2.72. The third-order valence-corrected chi connectivity index (χ3v) is 7.65. The predicted octanol–water partition coefficient (Wildman–Crippen LogP) is 8.89. The van der Waals surface area contributed by atoms with Gasteiger partial charge in [-0.1, -0.05) is 37.8 Å². The molecule has 0 saturated heterocycles. The number of alkyl halides is 3. The Morgan fingerprint density at radius 2 is 1.29 bits per heavy atom. The molecule has 0 aromatic heterocycles. The van der Waals surface area contributed by atoms with Crippen LogP contribution >= 0.6 is 0 Å². The maximum atomic E-state index is 13.8. The van der Waals surface area contributed by atoms with Crippen LogP contribution in [0.3, 0.4) is 0 Å². The molecule has 174 valence electrons. The lowest BCUT2D eigenvalue weighted by molar-refractivity contribution is -0.142. The Kier molecular flexibility index (Phi) is 8.58. The molecule has 0 heterocycles. The van der Waals surface area contributed by atoms with Gasteiger partial charge in [-0.05, 0) is 99.7 Å². The van der Waals surface area contributed by atoms with Crippen molar-refractivity contribution in [2.75, 3.05) is 0 Å². The van der Waals surface area contributed by atoms with Gasteiger partial charge in [-0.3, -0.25) is 0 Å². The van der Waals surface area contributed by atoms with Crippen molar-refractivity contribution in [2.24, 2.45) is 23.7 Å². The number of benzene rings is 1. The Labute approximate surface area is 183 Å². The second kappa shape index (κ2) is 11.0. The molecule has 3 rings (SSSR count). The summed E-state index contributed by atoms with van der Waals surface area (Å²) in [5.41, 5.74) is -1.46. The molecule has 5 heteroatoms. The minimum Gasteiger partial charge on any atom is -0.206 e. The van der Waals surface area contributed by atoms with Crippen molar-refractivity contribution < 1.29 is 22.0 Å². The lowest BCUT2D eigenvalue weighted by atomic mass is 9.68. The van der Waals surface area contributed by atoms with E-state index in [-0.39, 0.29) is 0 Å². The van der Waals surface area contributed by atoms with Gasteiger partial charge in [0.2, 0.25) is 0 Å². The summed E-state index contributed by atoms with van der Waals surface area (Å²) in [5.74, 6) is 0.0147. The normalized spacial score (nSPS) is 27.7. The number of hydrogen-bond donors (Lipinski definition) is 0. The highest BCUT2D eigenvalue weighted by atomic mass is 19.4. The van der Waals surface area contributed by atoms with E-state index >= 15 is 0 Å². The fourth-order valence-corrected chi connectivity index (χ4v) is 5.81. The van der Waals surface area contributed by atoms with E-state index in [4.69, 9.17) is 0 Å². The zero-order valence-corrected chi connectivity index (χ0v) is 18.5. The first kappa shape index (κ1) is 24.3. The van der Waals surface area contributed by atoms with Gasteiger partial charge >= 0.3 is 6.18 Å². The van der Waals surface area contributed by atoms with Crippen molar-refractivity contribution in [3.05, 3.63) is 47.0 Å². The SMILES string of the molecule is CC=CCCC1CCC(C2CCC(CCc3cc(F)c(C(F)(F)F)c(F)c3)CC2)CC1. The summed E-state index contributed by atoms with van der Waals surface area (Å²) in [4.78, 5) is 0. The topological polar surface area (TPSA) is 0 Å². The van der Waals surface area contributed by atoms with Crippen LogP contribution in [0, 0.1) is 35.3 Å². The van der Waals surface area contributed by atoms with Crippen LogP contribution in [0.25, 0.3) is 0 Å². The van der Waals surface area contributed by atoms with E-state index < -0.39 is 23.4 Å². The van der Waals surface area contributed by atoms with E-state index in [0.717, 1.165) is 49.1 Å². The van der Waals surface area contributed by atoms with E-state index in [1.165, 1.54) is 51.4 Å². The lowest BCUT2D eigenvalue weighted by Gasteiger charge is -2.38. The third kappa shape index (κ3) is 6.79. The molecule has 0 spiro atoms. The van der Waals surface area contributed by atoms with E-state index in [2.05, 4.69) is 19.1 Å². The number of aryl methyl sites for hydroxylation is 1. The second-order valence-electron chi connectivity index (χ2n) is 9.68. The molecule has 31 heavy (non-hydrogen) atoms. The Hall–Kier alpha value is -1.39. The van der Waals surface area contributed by atoms with Crippen molar-refractivity contribution in [1.29, 1.82) is 0 Å². The van der Waals surface area contributed by atoms with Gasteiger partial charge in [-0.2, -0.15) is 13.2 Å². The largest absolute Gasteiger partial charge is 0.422 e. The van der Waals surface area contributed by atoms with Gasteiger partial charge in [0, 0.05) is 0 Å². The number of allylic oxidation sites excluding steroid dienone is 2. The lowest BCUT2D eigenvalue weighted by Crippen LogP contribution is -2.26. The molecular formula is C26H35F5. The summed E-state index contributed by atoms with van der Waals surface area (Å²) in [6.07, 6.45) is 13.2. The maximum Gasteiger partial charge on any atom is 0.422 e. The quantitative estimate of drug-likeness (QED) is 0.292. The maximum absolute atomic E-state index is 13.8. The number of rotatable bonds is 7. The zero-order valence-electron chi connectivity index (χ0n) is 18.5. The first-order chi connectivity index (χ1) is 14.8. The second-order valence-corrected chi connectivity index (χ2v) is 9.68. The Balaban J connectivity index is 1.41. The molecule has 2 aliphatic rings. The van der Waals surface area contributed by atoms with Crippen molar-refractivity contribution in [1.82, 2.24) is 0 Å². The highest BCUT2D eigenvalue weighted by Gasteiger charge is 2.38. The van der Waals surface area contributed by atoms with Crippen LogP contribution < -0.4 is 0 Å². The van der Waals surface area contributed by atoms with Gasteiger partial charge in [0.15, 0.2) is 0 Å². The standard InChI is InChI=1S/C26H35F5/c1-2-3-4-5-18-8-12-21(13-9-18)22-14-10-19(11-15-22)6-7-20-16-23(27)25(24(28)17-20)26(29,30)31/h2-3,16-19,21-22H,4-15H2,1H3. The third-order valence-electron chi connectivity index (χ3n) is 7.65. The Morgan fingerprint density at radius 3 is 1.74 bits per heavy atom. The summed E-state index contributed by atoms with van der Waals surface area (Å²) in [5, 5.41) is 0. The molecule has 2 fully saturated rings. The smallest absolute Gasteiger partial charge is 0.206 e. The molecule has 0 atom stereocenters. The van der Waals surface area contributed by atoms with Crippen molar-refractivity contribution in [3.8, 4) is 0 Å². The van der Waals surface area contributed by atoms with Crippen molar-refractivity contribution in [2.45, 2.75) is 90.1 Å². The average molecular weight is 443 g/mol. The molecule has 2 saturated carbocycles. The predicted molar refractivity (Wildman–Crippen MR) is 115 cm³/mol. The van der Waals surface area contributed by atoms with Crippen LogP contribution in [-0.4, -0.2) is 0 Å². The van der Waals surface area contributed by atoms with Crippen LogP contribution in [0.5, 0.6) is 0 Å². The van der Waals surface area contributed by atoms with E-state index in [1.807, 2.05) is 0 Å². The summed E-state index contributed by atoms with van der Waals surface area (Å²) in [6, 6.07) is 1.71. The van der Waals surface area contributed by atoms with Crippen LogP contribution in [0.1, 0.15) is 88.7 Å². The monoisotopic (exact) mass is 442 g/mol. The fraction of sp³-hybridized carbons (Fsp3) is 0.692. The molecule has 0 unspecified atom stereocenters. The highest BCUT2D eigenvalue weighted by molar-refractivity contribution is 5.28. The van der Waals surface area contributed by atoms with Crippen LogP contribution in [0.4, 0.5) is 22.0 Å². The first-order valence-corrected chi connectivity index (χ1v) is 11.9. The molecule has 0 bridgehead atoms. The Bertz CT molecular complexity index is 697. The van der Waals surface area contributed by atoms with Gasteiger partial charge in [0.05, 0.1) is 0 Å². The summed E-state index contributed by atoms with van der Waals surface area (Å²) >= 11 is 0. The molecule has 0 aliphatic heterocycles. The molecule has 2 aliphatic carbocycles. The van der Waals surface area contributed by atoms with Gasteiger partial charge in [0.1, 0.15) is 17.2 Å². The summed E-state index contributed by atoms with van der Waals surface area (Å²) in [7, 11) is 0. The van der Waals surface area contributed by atoms with Gasteiger partial charge in [-0.25, -0.2) is 8.78 Å². The van der Waals surface area contributed by atoms with Gasteiger partial charge < -0.3 is 0 Å². The Morgan fingerprint density at radius 1 is 0.806 bits per heavy atom. The molecule has 0 amide bonds. The van der Waals surface area contributed by atoms with Crippen molar-refractivity contribution >= 4 is 0 Å². The van der Waals surface area contributed by atoms with Crippen LogP contribution in [-0.2, 0) is 12.6 Å². The summed E-state index contributed by atoms with van der Waals surface area (Å²) in [6.45, 7) is 2.08. The summed E-state index contributed by atoms with van der Waals surface area (Å²) < 4.78 is 65.7. The molecule has 0 N–H and O–H groups in total. The molecule has 1 aromatic rings. The first-order valence-electron chi connectivity index (χ1n) is 11.9. The van der Waals surface area contributed by atoms with E-state index in [1.54, 1.807) is 0 Å². The van der Waals surface area contributed by atoms with E-state index in [0.29, 0.717) is 17.9 Å². The van der Waals surface area contributed by atoms with Crippen LogP contribution in [0.2, 0.25) is 0 Å². The van der Waals surface area contributed by atoms with E-state index in [9.17, 15) is 22.0 Å². The molecule has 0 nitrogen and oxygen atoms in total. The molecule has 0 radical (unpaired) electrons. The number of halogens is 5. The van der Waals surface area contributed by atoms with Gasteiger partial charge in [-0.15, -0.1) is 0 Å². The van der Waals surface area contributed by atoms with Crippen LogP contribution in [0.15, 0.2) is 24.3 Å².